The molecule has 0 saturated carbocycles. The number of halogens is 1. The highest BCUT2D eigenvalue weighted by Crippen LogP contribution is 2.22. The van der Waals surface area contributed by atoms with Crippen molar-refractivity contribution in [1.29, 1.82) is 0 Å². The molecule has 2 rings (SSSR count). The summed E-state index contributed by atoms with van der Waals surface area (Å²) < 4.78 is 5.30. The number of carbonyl (C=O) groups is 2. The summed E-state index contributed by atoms with van der Waals surface area (Å²) in [7, 11) is 1.60. The van der Waals surface area contributed by atoms with Crippen molar-refractivity contribution in [3.63, 3.8) is 0 Å². The molecule has 2 amide bonds. The maximum absolute atomic E-state index is 13.1. The number of amides is 2. The van der Waals surface area contributed by atoms with Gasteiger partial charge < -0.3 is 15.0 Å². The highest BCUT2D eigenvalue weighted by atomic mass is 35.5. The molecule has 0 heterocycles. The number of carbonyl (C=O) groups excluding carboxylic acids is 2. The van der Waals surface area contributed by atoms with Gasteiger partial charge in [0.25, 0.3) is 0 Å². The van der Waals surface area contributed by atoms with Crippen molar-refractivity contribution in [3.8, 4) is 5.75 Å². The Morgan fingerprint density at radius 3 is 2.52 bits per heavy atom. The smallest absolute Gasteiger partial charge is 0.242 e. The minimum Gasteiger partial charge on any atom is -0.497 e. The molecule has 1 N–H and O–H groups in total. The molecule has 2 aromatic carbocycles. The van der Waals surface area contributed by atoms with E-state index in [2.05, 4.69) is 5.32 Å². The van der Waals surface area contributed by atoms with Crippen molar-refractivity contribution >= 4 is 35.2 Å². The molecule has 0 aliphatic heterocycles. The van der Waals surface area contributed by atoms with Gasteiger partial charge in [0, 0.05) is 22.9 Å². The quantitative estimate of drug-likeness (QED) is 0.575. The molecule has 0 spiro atoms. The summed E-state index contributed by atoms with van der Waals surface area (Å²) in [5.74, 6) is 1.31. The average Bonchev–Trinajstić information content (AvgIpc) is 2.71. The zero-order valence-corrected chi connectivity index (χ0v) is 20.3. The number of nitrogens with one attached hydrogen (secondary N) is 1. The van der Waals surface area contributed by atoms with Gasteiger partial charge in [-0.2, -0.15) is 0 Å². The van der Waals surface area contributed by atoms with E-state index in [1.54, 1.807) is 18.9 Å². The maximum Gasteiger partial charge on any atom is 0.242 e. The molecule has 1 atom stereocenters. The normalized spacial score (nSPS) is 12.2. The molecule has 31 heavy (non-hydrogen) atoms. The van der Waals surface area contributed by atoms with Crippen LogP contribution in [0.15, 0.2) is 48.5 Å². The first kappa shape index (κ1) is 25.1. The fourth-order valence-corrected chi connectivity index (χ4v) is 4.17. The summed E-state index contributed by atoms with van der Waals surface area (Å²) in [6.07, 6.45) is 0. The van der Waals surface area contributed by atoms with E-state index in [4.69, 9.17) is 16.3 Å². The van der Waals surface area contributed by atoms with Gasteiger partial charge >= 0.3 is 0 Å². The lowest BCUT2D eigenvalue weighted by atomic mass is 10.1. The Hall–Kier alpha value is -2.18. The second kappa shape index (κ2) is 11.4. The van der Waals surface area contributed by atoms with Crippen molar-refractivity contribution in [2.24, 2.45) is 0 Å². The van der Waals surface area contributed by atoms with Crippen molar-refractivity contribution in [1.82, 2.24) is 10.2 Å². The van der Waals surface area contributed by atoms with E-state index in [0.717, 1.165) is 11.1 Å². The van der Waals surface area contributed by atoms with Gasteiger partial charge in [-0.15, -0.1) is 11.8 Å². The van der Waals surface area contributed by atoms with Gasteiger partial charge in [-0.1, -0.05) is 41.9 Å². The van der Waals surface area contributed by atoms with E-state index in [9.17, 15) is 9.59 Å². The summed E-state index contributed by atoms with van der Waals surface area (Å²) in [6.45, 7) is 7.85. The molecule has 0 saturated heterocycles. The zero-order chi connectivity index (χ0) is 23.0. The van der Waals surface area contributed by atoms with Crippen molar-refractivity contribution in [3.05, 3.63) is 64.7 Å². The lowest BCUT2D eigenvalue weighted by Gasteiger charge is -2.31. The van der Waals surface area contributed by atoms with E-state index in [1.807, 2.05) is 69.3 Å². The molecule has 0 bridgehead atoms. The average molecular weight is 463 g/mol. The highest BCUT2D eigenvalue weighted by molar-refractivity contribution is 7.99. The lowest BCUT2D eigenvalue weighted by molar-refractivity contribution is -0.139. The van der Waals surface area contributed by atoms with E-state index in [0.29, 0.717) is 23.1 Å². The number of methoxy groups -OCH3 is 1. The van der Waals surface area contributed by atoms with Crippen LogP contribution < -0.4 is 10.1 Å². The van der Waals surface area contributed by atoms with Crippen LogP contribution in [0.4, 0.5) is 0 Å². The van der Waals surface area contributed by atoms with Gasteiger partial charge in [0.05, 0.1) is 12.9 Å². The predicted octanol–water partition coefficient (Wildman–Crippen LogP) is 4.91. The van der Waals surface area contributed by atoms with Gasteiger partial charge in [0.1, 0.15) is 11.8 Å². The van der Waals surface area contributed by atoms with Crippen molar-refractivity contribution in [2.75, 3.05) is 12.9 Å². The lowest BCUT2D eigenvalue weighted by Crippen LogP contribution is -2.52. The molecular weight excluding hydrogens is 432 g/mol. The molecule has 1 unspecified atom stereocenters. The summed E-state index contributed by atoms with van der Waals surface area (Å²) >= 11 is 7.70. The molecule has 0 aliphatic carbocycles. The van der Waals surface area contributed by atoms with E-state index in [1.165, 1.54) is 11.8 Å². The Morgan fingerprint density at radius 1 is 1.16 bits per heavy atom. The minimum absolute atomic E-state index is 0.101. The van der Waals surface area contributed by atoms with Gasteiger partial charge in [0.15, 0.2) is 0 Å². The van der Waals surface area contributed by atoms with Gasteiger partial charge in [0.2, 0.25) is 11.8 Å². The monoisotopic (exact) mass is 462 g/mol. The Labute approximate surface area is 194 Å². The molecule has 2 aromatic rings. The van der Waals surface area contributed by atoms with Gasteiger partial charge in [-0.3, -0.25) is 9.59 Å². The standard InChI is InChI=1S/C24H31ClN2O3S/c1-17(23(29)26-24(2,3)4)27(14-18-9-8-11-20(13-18)30-5)22(28)16-31-15-19-10-6-7-12-21(19)25/h6-13,17H,14-16H2,1-5H3,(H,26,29). The van der Waals surface area contributed by atoms with Crippen LogP contribution in [0.5, 0.6) is 5.75 Å². The van der Waals surface area contributed by atoms with Crippen LogP contribution in [0, 0.1) is 0 Å². The molecular formula is C24H31ClN2O3S. The van der Waals surface area contributed by atoms with Gasteiger partial charge in [-0.25, -0.2) is 0 Å². The minimum atomic E-state index is -0.612. The number of ether oxygens (including phenoxy) is 1. The Morgan fingerprint density at radius 2 is 1.87 bits per heavy atom. The van der Waals surface area contributed by atoms with Crippen LogP contribution >= 0.6 is 23.4 Å². The third kappa shape index (κ3) is 8.11. The SMILES string of the molecule is COc1cccc(CN(C(=O)CSCc2ccccc2Cl)C(C)C(=O)NC(C)(C)C)c1. The number of nitrogens with zero attached hydrogens (tertiary/aromatic N) is 1. The first-order valence-corrected chi connectivity index (χ1v) is 11.7. The van der Waals surface area contributed by atoms with E-state index >= 15 is 0 Å². The number of benzene rings is 2. The van der Waals surface area contributed by atoms with E-state index < -0.39 is 6.04 Å². The molecule has 0 aromatic heterocycles. The third-order valence-electron chi connectivity index (χ3n) is 4.59. The van der Waals surface area contributed by atoms with Crippen LogP contribution in [-0.2, 0) is 21.9 Å². The molecule has 7 heteroatoms. The van der Waals surface area contributed by atoms with Crippen LogP contribution in [-0.4, -0.2) is 41.2 Å². The molecule has 5 nitrogen and oxygen atoms in total. The highest BCUT2D eigenvalue weighted by Gasteiger charge is 2.28. The summed E-state index contributed by atoms with van der Waals surface area (Å²) in [4.78, 5) is 27.6. The van der Waals surface area contributed by atoms with Gasteiger partial charge in [-0.05, 0) is 57.0 Å². The van der Waals surface area contributed by atoms with Crippen molar-refractivity contribution in [2.45, 2.75) is 51.6 Å². The predicted molar refractivity (Wildman–Crippen MR) is 129 cm³/mol. The van der Waals surface area contributed by atoms with Crippen LogP contribution in [0.3, 0.4) is 0 Å². The fraction of sp³-hybridized carbons (Fsp3) is 0.417. The van der Waals surface area contributed by atoms with E-state index in [-0.39, 0.29) is 23.1 Å². The van der Waals surface area contributed by atoms with Crippen LogP contribution in [0.1, 0.15) is 38.8 Å². The Bertz CT molecular complexity index is 898. The number of thioether (sulfide) groups is 1. The second-order valence-corrected chi connectivity index (χ2v) is 9.77. The topological polar surface area (TPSA) is 58.6 Å². The molecule has 168 valence electrons. The summed E-state index contributed by atoms with van der Waals surface area (Å²) in [6, 6.07) is 14.5. The number of rotatable bonds is 9. The zero-order valence-electron chi connectivity index (χ0n) is 18.8. The Kier molecular flexibility index (Phi) is 9.26. The van der Waals surface area contributed by atoms with Crippen LogP contribution in [0.25, 0.3) is 0 Å². The summed E-state index contributed by atoms with van der Waals surface area (Å²) in [5.41, 5.74) is 1.51. The third-order valence-corrected chi connectivity index (χ3v) is 5.93. The largest absolute Gasteiger partial charge is 0.497 e. The van der Waals surface area contributed by atoms with Crippen LogP contribution in [0.2, 0.25) is 5.02 Å². The first-order valence-electron chi connectivity index (χ1n) is 10.2. The summed E-state index contributed by atoms with van der Waals surface area (Å²) in [5, 5.41) is 3.66. The van der Waals surface area contributed by atoms with Crippen molar-refractivity contribution < 1.29 is 14.3 Å². The molecule has 0 fully saturated rings. The maximum atomic E-state index is 13.1. The first-order chi connectivity index (χ1) is 14.6. The number of hydrogen-bond acceptors (Lipinski definition) is 4. The Balaban J connectivity index is 2.13. The fourth-order valence-electron chi connectivity index (χ4n) is 2.97. The number of hydrogen-bond donors (Lipinski definition) is 1. The molecule has 0 radical (unpaired) electrons. The molecule has 0 aliphatic rings. The second-order valence-electron chi connectivity index (χ2n) is 8.37.